The van der Waals surface area contributed by atoms with Crippen LogP contribution in [0.3, 0.4) is 0 Å². The van der Waals surface area contributed by atoms with Crippen molar-refractivity contribution >= 4 is 15.7 Å². The molecule has 0 amide bonds. The van der Waals surface area contributed by atoms with Crippen molar-refractivity contribution in [1.29, 1.82) is 0 Å². The van der Waals surface area contributed by atoms with E-state index in [4.69, 9.17) is 0 Å². The fraction of sp³-hybridized carbons (Fsp3) is 0.500. The minimum atomic E-state index is -3.37. The van der Waals surface area contributed by atoms with Gasteiger partial charge in [0, 0.05) is 18.2 Å². The summed E-state index contributed by atoms with van der Waals surface area (Å²) in [5.41, 5.74) is 0.515. The molecule has 1 N–H and O–H groups in total. The zero-order chi connectivity index (χ0) is 13.9. The van der Waals surface area contributed by atoms with Crippen molar-refractivity contribution in [3.63, 3.8) is 0 Å². The van der Waals surface area contributed by atoms with Crippen molar-refractivity contribution in [2.45, 2.75) is 37.5 Å². The van der Waals surface area contributed by atoms with E-state index in [0.717, 1.165) is 25.7 Å². The number of benzene rings is 1. The minimum absolute atomic E-state index is 0.0371. The van der Waals surface area contributed by atoms with Crippen molar-refractivity contribution < 1.29 is 13.3 Å². The van der Waals surface area contributed by atoms with Gasteiger partial charge in [0.15, 0.2) is 0 Å². The van der Waals surface area contributed by atoms with Crippen molar-refractivity contribution in [2.75, 3.05) is 0 Å². The molecule has 1 aliphatic carbocycles. The number of nitrogens with one attached hydrogen (secondary N) is 1. The van der Waals surface area contributed by atoms with Crippen LogP contribution < -0.4 is 4.72 Å². The summed E-state index contributed by atoms with van der Waals surface area (Å²) in [5.74, 6) is -0.137. The van der Waals surface area contributed by atoms with Crippen LogP contribution in [0, 0.1) is 10.1 Å². The molecule has 0 unspecified atom stereocenters. The maximum Gasteiger partial charge on any atom is 0.269 e. The third-order valence-corrected chi connectivity index (χ3v) is 4.61. The summed E-state index contributed by atoms with van der Waals surface area (Å²) in [6, 6.07) is 5.64. The van der Waals surface area contributed by atoms with Crippen LogP contribution >= 0.6 is 0 Å². The van der Waals surface area contributed by atoms with Gasteiger partial charge < -0.3 is 0 Å². The largest absolute Gasteiger partial charge is 0.269 e. The van der Waals surface area contributed by atoms with Crippen LogP contribution in [0.25, 0.3) is 0 Å². The van der Waals surface area contributed by atoms with Gasteiger partial charge in [-0.15, -0.1) is 0 Å². The monoisotopic (exact) mass is 284 g/mol. The lowest BCUT2D eigenvalue weighted by Gasteiger charge is -2.12. The van der Waals surface area contributed by atoms with Gasteiger partial charge in [-0.05, 0) is 18.4 Å². The number of hydrogen-bond donors (Lipinski definition) is 1. The molecule has 0 bridgehead atoms. The topological polar surface area (TPSA) is 89.3 Å². The van der Waals surface area contributed by atoms with Gasteiger partial charge in [-0.2, -0.15) is 0 Å². The highest BCUT2D eigenvalue weighted by molar-refractivity contribution is 7.88. The summed E-state index contributed by atoms with van der Waals surface area (Å²) < 4.78 is 26.5. The van der Waals surface area contributed by atoms with Gasteiger partial charge in [0.2, 0.25) is 10.0 Å². The number of nitro benzene ring substituents is 1. The van der Waals surface area contributed by atoms with Gasteiger partial charge in [0.25, 0.3) is 5.69 Å². The van der Waals surface area contributed by atoms with E-state index in [0.29, 0.717) is 5.56 Å². The van der Waals surface area contributed by atoms with Gasteiger partial charge >= 0.3 is 0 Å². The van der Waals surface area contributed by atoms with Gasteiger partial charge in [0.05, 0.1) is 10.7 Å². The smallest absolute Gasteiger partial charge is 0.258 e. The Morgan fingerprint density at radius 1 is 1.21 bits per heavy atom. The molecule has 1 saturated carbocycles. The lowest BCUT2D eigenvalue weighted by molar-refractivity contribution is -0.384. The second kappa shape index (κ2) is 5.66. The van der Waals surface area contributed by atoms with Crippen molar-refractivity contribution in [1.82, 2.24) is 4.72 Å². The Bertz CT molecular complexity index is 548. The van der Waals surface area contributed by atoms with Crippen LogP contribution in [0.2, 0.25) is 0 Å². The highest BCUT2D eigenvalue weighted by Gasteiger charge is 2.21. The van der Waals surface area contributed by atoms with E-state index in [2.05, 4.69) is 4.72 Å². The molecule has 0 saturated heterocycles. The normalized spacial score (nSPS) is 16.6. The molecule has 0 aromatic heterocycles. The van der Waals surface area contributed by atoms with E-state index in [1.54, 1.807) is 0 Å². The Balaban J connectivity index is 2.00. The maximum atomic E-state index is 11.9. The van der Waals surface area contributed by atoms with Crippen LogP contribution in [-0.2, 0) is 15.8 Å². The number of sulfonamides is 1. The van der Waals surface area contributed by atoms with Crippen LogP contribution in [0.4, 0.5) is 5.69 Å². The predicted octanol–water partition coefficient (Wildman–Crippen LogP) is 1.96. The molecule has 0 heterocycles. The van der Waals surface area contributed by atoms with E-state index in [-0.39, 0.29) is 17.5 Å². The van der Waals surface area contributed by atoms with E-state index in [1.807, 2.05) is 0 Å². The summed E-state index contributed by atoms with van der Waals surface area (Å²) in [5, 5.41) is 10.5. The van der Waals surface area contributed by atoms with E-state index >= 15 is 0 Å². The number of non-ortho nitro benzene ring substituents is 1. The second-order valence-corrected chi connectivity index (χ2v) is 6.54. The number of hydrogen-bond acceptors (Lipinski definition) is 4. The van der Waals surface area contributed by atoms with Crippen LogP contribution in [0.1, 0.15) is 31.2 Å². The van der Waals surface area contributed by atoms with E-state index < -0.39 is 14.9 Å². The molecule has 1 fully saturated rings. The molecule has 6 nitrogen and oxygen atoms in total. The minimum Gasteiger partial charge on any atom is -0.258 e. The molecule has 0 aliphatic heterocycles. The van der Waals surface area contributed by atoms with Crippen LogP contribution in [0.15, 0.2) is 24.3 Å². The molecule has 0 radical (unpaired) electrons. The highest BCUT2D eigenvalue weighted by atomic mass is 32.2. The maximum absolute atomic E-state index is 11.9. The van der Waals surface area contributed by atoms with Crippen molar-refractivity contribution in [3.05, 3.63) is 39.9 Å². The van der Waals surface area contributed by atoms with Gasteiger partial charge in [0.1, 0.15) is 0 Å². The Morgan fingerprint density at radius 3 is 2.32 bits per heavy atom. The third kappa shape index (κ3) is 4.00. The number of nitro groups is 1. The predicted molar refractivity (Wildman–Crippen MR) is 71.1 cm³/mol. The zero-order valence-electron chi connectivity index (χ0n) is 10.4. The summed E-state index contributed by atoms with van der Waals surface area (Å²) in [4.78, 5) is 10.00. The molecule has 0 atom stereocenters. The molecular weight excluding hydrogens is 268 g/mol. The Morgan fingerprint density at radius 2 is 1.79 bits per heavy atom. The molecule has 7 heteroatoms. The van der Waals surface area contributed by atoms with Crippen molar-refractivity contribution in [2.24, 2.45) is 0 Å². The average molecular weight is 284 g/mol. The second-order valence-electron chi connectivity index (χ2n) is 4.78. The quantitative estimate of drug-likeness (QED) is 0.661. The molecule has 1 aromatic carbocycles. The molecule has 2 rings (SSSR count). The first-order chi connectivity index (χ1) is 8.96. The van der Waals surface area contributed by atoms with E-state index in [1.165, 1.54) is 24.3 Å². The highest BCUT2D eigenvalue weighted by Crippen LogP contribution is 2.19. The summed E-state index contributed by atoms with van der Waals surface area (Å²) in [6.45, 7) is 0. The SMILES string of the molecule is O=[N+]([O-])c1ccc(CS(=O)(=O)NC2CCCC2)cc1. The lowest BCUT2D eigenvalue weighted by Crippen LogP contribution is -2.33. The Labute approximate surface area is 112 Å². The lowest BCUT2D eigenvalue weighted by atomic mass is 10.2. The molecule has 1 aliphatic rings. The molecule has 0 spiro atoms. The summed E-state index contributed by atoms with van der Waals surface area (Å²) in [7, 11) is -3.37. The standard InChI is InChI=1S/C12H16N2O4S/c15-14(16)12-7-5-10(6-8-12)9-19(17,18)13-11-3-1-2-4-11/h5-8,11,13H,1-4,9H2. The molecule has 104 valence electrons. The van der Waals surface area contributed by atoms with Crippen LogP contribution in [-0.4, -0.2) is 19.4 Å². The average Bonchev–Trinajstić information content (AvgIpc) is 2.81. The molecule has 1 aromatic rings. The summed E-state index contributed by atoms with van der Waals surface area (Å²) >= 11 is 0. The van der Waals surface area contributed by atoms with Gasteiger partial charge in [-0.25, -0.2) is 13.1 Å². The first-order valence-corrected chi connectivity index (χ1v) is 7.85. The molecule has 19 heavy (non-hydrogen) atoms. The summed E-state index contributed by atoms with van der Waals surface area (Å²) in [6.07, 6.45) is 3.90. The number of nitrogens with zero attached hydrogens (tertiary/aromatic N) is 1. The first kappa shape index (κ1) is 14.0. The Kier molecular flexibility index (Phi) is 4.16. The Hall–Kier alpha value is -1.47. The third-order valence-electron chi connectivity index (χ3n) is 3.21. The fourth-order valence-corrected chi connectivity index (χ4v) is 3.73. The first-order valence-electron chi connectivity index (χ1n) is 6.19. The van der Waals surface area contributed by atoms with Crippen molar-refractivity contribution in [3.8, 4) is 0 Å². The van der Waals surface area contributed by atoms with E-state index in [9.17, 15) is 18.5 Å². The van der Waals surface area contributed by atoms with Gasteiger partial charge in [-0.1, -0.05) is 25.0 Å². The fourth-order valence-electron chi connectivity index (χ4n) is 2.27. The zero-order valence-corrected chi connectivity index (χ0v) is 11.2. The van der Waals surface area contributed by atoms with Crippen LogP contribution in [0.5, 0.6) is 0 Å². The van der Waals surface area contributed by atoms with Gasteiger partial charge in [-0.3, -0.25) is 10.1 Å². The molecular formula is C12H16N2O4S. The number of rotatable bonds is 5.